The first-order chi connectivity index (χ1) is 14.5. The molecule has 0 amide bonds. The molecule has 1 aliphatic carbocycles. The first kappa shape index (κ1) is 20.5. The van der Waals surface area contributed by atoms with Crippen molar-refractivity contribution in [3.63, 3.8) is 0 Å². The summed E-state index contributed by atoms with van der Waals surface area (Å²) >= 11 is 1.75. The summed E-state index contributed by atoms with van der Waals surface area (Å²) in [7, 11) is 0. The van der Waals surface area contributed by atoms with Gasteiger partial charge in [-0.1, -0.05) is 29.4 Å². The van der Waals surface area contributed by atoms with Crippen molar-refractivity contribution >= 4 is 17.3 Å². The van der Waals surface area contributed by atoms with Crippen molar-refractivity contribution in [1.29, 1.82) is 0 Å². The number of nitrogens with zero attached hydrogens (tertiary/aromatic N) is 4. The maximum atomic E-state index is 9.65. The van der Waals surface area contributed by atoms with Crippen LogP contribution in [0.25, 0.3) is 17.0 Å². The van der Waals surface area contributed by atoms with E-state index < -0.39 is 0 Å². The van der Waals surface area contributed by atoms with Crippen LogP contribution < -0.4 is 0 Å². The Balaban J connectivity index is 1.50. The van der Waals surface area contributed by atoms with Gasteiger partial charge in [0.25, 0.3) is 0 Å². The number of hydrogen-bond acceptors (Lipinski definition) is 6. The number of phenols is 1. The first-order valence-corrected chi connectivity index (χ1v) is 11.3. The van der Waals surface area contributed by atoms with Gasteiger partial charge in [-0.15, -0.1) is 11.8 Å². The Kier molecular flexibility index (Phi) is 6.08. The fourth-order valence-corrected chi connectivity index (χ4v) is 3.56. The predicted molar refractivity (Wildman–Crippen MR) is 120 cm³/mol. The molecule has 6 nitrogen and oxygen atoms in total. The standard InChI is InChI=1S/C23H26N4O2S/c1-15(7-8-16(2)30-3)23-24-14-19(27(23)18-9-10-18)11-12-21-25-22(26-29-21)17-5-4-6-20(28)13-17/h4-8,13-14,18,28H,9-12H2,1-3H3/b15-7+,16-8+. The van der Waals surface area contributed by atoms with Crippen LogP contribution in [-0.2, 0) is 12.8 Å². The van der Waals surface area contributed by atoms with Crippen LogP contribution in [0.5, 0.6) is 5.75 Å². The Bertz CT molecular complexity index is 1090. The molecule has 1 N–H and O–H groups in total. The van der Waals surface area contributed by atoms with Gasteiger partial charge in [-0.2, -0.15) is 4.98 Å². The van der Waals surface area contributed by atoms with Crippen molar-refractivity contribution in [2.24, 2.45) is 0 Å². The molecular weight excluding hydrogens is 396 g/mol. The monoisotopic (exact) mass is 422 g/mol. The minimum absolute atomic E-state index is 0.186. The van der Waals surface area contributed by atoms with E-state index in [1.807, 2.05) is 12.3 Å². The highest BCUT2D eigenvalue weighted by molar-refractivity contribution is 8.02. The lowest BCUT2D eigenvalue weighted by molar-refractivity contribution is 0.378. The lowest BCUT2D eigenvalue weighted by atomic mass is 10.2. The van der Waals surface area contributed by atoms with Crippen molar-refractivity contribution < 1.29 is 9.63 Å². The molecule has 3 aromatic rings. The van der Waals surface area contributed by atoms with Crippen LogP contribution in [0.2, 0.25) is 0 Å². The largest absolute Gasteiger partial charge is 0.508 e. The van der Waals surface area contributed by atoms with Crippen molar-refractivity contribution in [3.8, 4) is 17.1 Å². The molecule has 156 valence electrons. The third kappa shape index (κ3) is 4.67. The Hall–Kier alpha value is -2.80. The molecule has 2 heterocycles. The van der Waals surface area contributed by atoms with Crippen LogP contribution in [-0.4, -0.2) is 31.1 Å². The molecule has 1 fully saturated rings. The van der Waals surface area contributed by atoms with E-state index in [1.165, 1.54) is 29.0 Å². The lowest BCUT2D eigenvalue weighted by Crippen LogP contribution is -2.06. The molecular formula is C23H26N4O2S. The van der Waals surface area contributed by atoms with E-state index in [4.69, 9.17) is 9.51 Å². The molecule has 2 aromatic heterocycles. The van der Waals surface area contributed by atoms with Gasteiger partial charge in [-0.3, -0.25) is 0 Å². The number of aromatic hydroxyl groups is 1. The second-order valence-electron chi connectivity index (χ2n) is 7.57. The molecule has 0 aliphatic heterocycles. The molecule has 1 aromatic carbocycles. The van der Waals surface area contributed by atoms with Gasteiger partial charge in [0.2, 0.25) is 11.7 Å². The minimum atomic E-state index is 0.186. The van der Waals surface area contributed by atoms with Crippen molar-refractivity contribution in [3.05, 3.63) is 64.9 Å². The Morgan fingerprint density at radius 2 is 2.10 bits per heavy atom. The number of thioether (sulfide) groups is 1. The molecule has 0 saturated heterocycles. The van der Waals surface area contributed by atoms with Gasteiger partial charge in [0.15, 0.2) is 0 Å². The molecule has 4 rings (SSSR count). The number of aromatic nitrogens is 4. The van der Waals surface area contributed by atoms with Crippen LogP contribution in [0.3, 0.4) is 0 Å². The highest BCUT2D eigenvalue weighted by Gasteiger charge is 2.28. The van der Waals surface area contributed by atoms with Crippen LogP contribution in [0.15, 0.2) is 52.0 Å². The number of rotatable bonds is 8. The zero-order valence-electron chi connectivity index (χ0n) is 17.5. The van der Waals surface area contributed by atoms with E-state index in [0.29, 0.717) is 24.2 Å². The summed E-state index contributed by atoms with van der Waals surface area (Å²) in [5, 5.41) is 13.7. The molecule has 1 saturated carbocycles. The number of aryl methyl sites for hydroxylation is 2. The SMILES string of the molecule is CS/C(C)=C/C=C(\C)c1ncc(CCc2nc(-c3cccc(O)c3)no2)n1C1CC1. The summed E-state index contributed by atoms with van der Waals surface area (Å²) in [6.07, 6.45) is 12.2. The number of allylic oxidation sites excluding steroid dienone is 4. The highest BCUT2D eigenvalue weighted by Crippen LogP contribution is 2.38. The Morgan fingerprint density at radius 3 is 2.83 bits per heavy atom. The third-order valence-electron chi connectivity index (χ3n) is 5.20. The van der Waals surface area contributed by atoms with Gasteiger partial charge >= 0.3 is 0 Å². The fraction of sp³-hybridized carbons (Fsp3) is 0.348. The van der Waals surface area contributed by atoms with E-state index in [1.54, 1.807) is 30.0 Å². The van der Waals surface area contributed by atoms with E-state index >= 15 is 0 Å². The molecule has 0 atom stereocenters. The predicted octanol–water partition coefficient (Wildman–Crippen LogP) is 5.43. The van der Waals surface area contributed by atoms with Crippen LogP contribution in [0.1, 0.15) is 50.1 Å². The molecule has 0 radical (unpaired) electrons. The van der Waals surface area contributed by atoms with Gasteiger partial charge in [0.05, 0.1) is 0 Å². The van der Waals surface area contributed by atoms with Gasteiger partial charge in [0.1, 0.15) is 11.6 Å². The summed E-state index contributed by atoms with van der Waals surface area (Å²) in [5.41, 5.74) is 3.11. The smallest absolute Gasteiger partial charge is 0.227 e. The van der Waals surface area contributed by atoms with Gasteiger partial charge in [0, 0.05) is 29.9 Å². The fourth-order valence-electron chi connectivity index (χ4n) is 3.35. The Morgan fingerprint density at radius 1 is 1.27 bits per heavy atom. The average molecular weight is 423 g/mol. The van der Waals surface area contributed by atoms with Gasteiger partial charge in [-0.25, -0.2) is 4.98 Å². The van der Waals surface area contributed by atoms with E-state index in [2.05, 4.69) is 47.0 Å². The van der Waals surface area contributed by atoms with E-state index in [9.17, 15) is 5.11 Å². The average Bonchev–Trinajstić information content (AvgIpc) is 3.32. The van der Waals surface area contributed by atoms with Crippen molar-refractivity contribution in [2.45, 2.75) is 45.6 Å². The topological polar surface area (TPSA) is 77.0 Å². The van der Waals surface area contributed by atoms with E-state index in [-0.39, 0.29) is 5.75 Å². The second-order valence-corrected chi connectivity index (χ2v) is 8.62. The van der Waals surface area contributed by atoms with Crippen LogP contribution >= 0.6 is 11.8 Å². The molecule has 0 unspecified atom stereocenters. The second kappa shape index (κ2) is 8.92. The summed E-state index contributed by atoms with van der Waals surface area (Å²) < 4.78 is 7.81. The number of phenolic OH excluding ortho intramolecular Hbond substituents is 1. The molecule has 7 heteroatoms. The number of imidazole rings is 1. The zero-order chi connectivity index (χ0) is 21.1. The summed E-state index contributed by atoms with van der Waals surface area (Å²) in [5.74, 6) is 2.31. The lowest BCUT2D eigenvalue weighted by Gasteiger charge is -2.10. The maximum absolute atomic E-state index is 9.65. The maximum Gasteiger partial charge on any atom is 0.227 e. The summed E-state index contributed by atoms with van der Waals surface area (Å²) in [4.78, 5) is 10.5. The highest BCUT2D eigenvalue weighted by atomic mass is 32.2. The number of hydrogen-bond donors (Lipinski definition) is 1. The molecule has 1 aliphatic rings. The third-order valence-corrected chi connectivity index (χ3v) is 5.98. The van der Waals surface area contributed by atoms with Crippen LogP contribution in [0.4, 0.5) is 0 Å². The molecule has 0 bridgehead atoms. The van der Waals surface area contributed by atoms with Crippen molar-refractivity contribution in [1.82, 2.24) is 19.7 Å². The normalized spacial score (nSPS) is 15.0. The molecule has 30 heavy (non-hydrogen) atoms. The van der Waals surface area contributed by atoms with Crippen molar-refractivity contribution in [2.75, 3.05) is 6.26 Å². The summed E-state index contributed by atoms with van der Waals surface area (Å²) in [6.45, 7) is 4.23. The van der Waals surface area contributed by atoms with E-state index in [0.717, 1.165) is 17.8 Å². The minimum Gasteiger partial charge on any atom is -0.508 e. The summed E-state index contributed by atoms with van der Waals surface area (Å²) in [6, 6.07) is 7.41. The quantitative estimate of drug-likeness (QED) is 0.488. The van der Waals surface area contributed by atoms with Gasteiger partial charge < -0.3 is 14.2 Å². The zero-order valence-corrected chi connectivity index (χ0v) is 18.3. The molecule has 0 spiro atoms. The first-order valence-electron chi connectivity index (χ1n) is 10.1. The van der Waals surface area contributed by atoms with Gasteiger partial charge in [-0.05, 0) is 62.0 Å². The number of benzene rings is 1. The van der Waals surface area contributed by atoms with Crippen LogP contribution in [0, 0.1) is 0 Å². The Labute approximate surface area is 180 Å².